The summed E-state index contributed by atoms with van der Waals surface area (Å²) >= 11 is 0. The van der Waals surface area contributed by atoms with E-state index in [0.29, 0.717) is 11.1 Å². The van der Waals surface area contributed by atoms with E-state index >= 15 is 0 Å². The maximum atomic E-state index is 12.2. The molecule has 0 fully saturated rings. The quantitative estimate of drug-likeness (QED) is 0.318. The van der Waals surface area contributed by atoms with Gasteiger partial charge in [0.25, 0.3) is 0 Å². The van der Waals surface area contributed by atoms with Crippen molar-refractivity contribution >= 4 is 29.8 Å². The summed E-state index contributed by atoms with van der Waals surface area (Å²) in [7, 11) is 0. The summed E-state index contributed by atoms with van der Waals surface area (Å²) in [6, 6.07) is 11.9. The highest BCUT2D eigenvalue weighted by atomic mass is 16.5. The van der Waals surface area contributed by atoms with Gasteiger partial charge in [-0.15, -0.1) is 0 Å². The highest BCUT2D eigenvalue weighted by Gasteiger charge is 2.09. The maximum Gasteiger partial charge on any atom is 0.335 e. The molecule has 0 heterocycles. The van der Waals surface area contributed by atoms with Gasteiger partial charge in [0.1, 0.15) is 5.75 Å². The fraction of sp³-hybridized carbons (Fsp3) is 0.100. The molecule has 2 aromatic rings. The number of aromatic carboxylic acids is 1. The van der Waals surface area contributed by atoms with Crippen molar-refractivity contribution in [3.05, 3.63) is 71.3 Å². The predicted octanol–water partition coefficient (Wildman–Crippen LogP) is 3.05. The van der Waals surface area contributed by atoms with Crippen LogP contribution in [0.15, 0.2) is 54.6 Å². The summed E-state index contributed by atoms with van der Waals surface area (Å²) < 4.78 is 4.98. The number of benzene rings is 2. The van der Waals surface area contributed by atoms with Gasteiger partial charge in [0, 0.05) is 5.56 Å². The third-order valence-corrected chi connectivity index (χ3v) is 3.50. The van der Waals surface area contributed by atoms with Gasteiger partial charge < -0.3 is 14.9 Å². The van der Waals surface area contributed by atoms with Crippen LogP contribution in [-0.4, -0.2) is 33.9 Å². The van der Waals surface area contributed by atoms with Crippen LogP contribution >= 0.6 is 0 Å². The van der Waals surface area contributed by atoms with E-state index in [1.54, 1.807) is 18.2 Å². The number of hydrogen-bond donors (Lipinski definition) is 2. The van der Waals surface area contributed by atoms with Gasteiger partial charge in [0.15, 0.2) is 5.78 Å². The number of aliphatic carboxylic acids is 1. The molecular weight excluding hydrogens is 352 g/mol. The van der Waals surface area contributed by atoms with E-state index in [-0.39, 0.29) is 29.9 Å². The standard InChI is InChI=1S/C20H16O7/c21-17(10-3-13-1-4-15(5-2-13)20(25)26)14-6-8-16(9-7-14)27-19(24)12-11-18(22)23/h1-10H,11-12H2,(H,22,23)(H,25,26). The first kappa shape index (κ1) is 19.6. The zero-order valence-corrected chi connectivity index (χ0v) is 14.1. The molecular formula is C20H16O7. The van der Waals surface area contributed by atoms with Gasteiger partial charge >= 0.3 is 17.9 Å². The summed E-state index contributed by atoms with van der Waals surface area (Å²) in [6.45, 7) is 0. The van der Waals surface area contributed by atoms with Gasteiger partial charge in [0.2, 0.25) is 0 Å². The van der Waals surface area contributed by atoms with Crippen molar-refractivity contribution in [3.63, 3.8) is 0 Å². The molecule has 0 aliphatic heterocycles. The Kier molecular flexibility index (Phi) is 6.60. The van der Waals surface area contributed by atoms with Crippen molar-refractivity contribution in [3.8, 4) is 5.75 Å². The van der Waals surface area contributed by atoms with Gasteiger partial charge in [-0.3, -0.25) is 14.4 Å². The van der Waals surface area contributed by atoms with Gasteiger partial charge in [-0.2, -0.15) is 0 Å². The minimum absolute atomic E-state index is 0.159. The van der Waals surface area contributed by atoms with Gasteiger partial charge in [-0.1, -0.05) is 18.2 Å². The zero-order valence-electron chi connectivity index (χ0n) is 14.1. The zero-order chi connectivity index (χ0) is 19.8. The summed E-state index contributed by atoms with van der Waals surface area (Å²) in [5.74, 6) is -2.83. The number of allylic oxidation sites excluding steroid dienone is 1. The van der Waals surface area contributed by atoms with Crippen molar-refractivity contribution < 1.29 is 34.1 Å². The van der Waals surface area contributed by atoms with Crippen molar-refractivity contribution in [2.45, 2.75) is 12.8 Å². The Morgan fingerprint density at radius 1 is 0.815 bits per heavy atom. The number of carboxylic acids is 2. The number of rotatable bonds is 8. The molecule has 0 aliphatic carbocycles. The molecule has 138 valence electrons. The van der Waals surface area contributed by atoms with Crippen LogP contribution in [0.2, 0.25) is 0 Å². The molecule has 0 radical (unpaired) electrons. The highest BCUT2D eigenvalue weighted by Crippen LogP contribution is 2.15. The highest BCUT2D eigenvalue weighted by molar-refractivity contribution is 6.06. The molecule has 0 bridgehead atoms. The number of carbonyl (C=O) groups excluding carboxylic acids is 2. The van der Waals surface area contributed by atoms with E-state index in [4.69, 9.17) is 14.9 Å². The summed E-state index contributed by atoms with van der Waals surface area (Å²) in [6.07, 6.45) is 2.37. The number of ketones is 1. The van der Waals surface area contributed by atoms with Crippen LogP contribution in [0.25, 0.3) is 6.08 Å². The molecule has 27 heavy (non-hydrogen) atoms. The molecule has 7 heteroatoms. The van der Waals surface area contributed by atoms with Crippen LogP contribution in [0.4, 0.5) is 0 Å². The Bertz CT molecular complexity index is 878. The number of hydrogen-bond acceptors (Lipinski definition) is 5. The average Bonchev–Trinajstić information content (AvgIpc) is 2.65. The molecule has 0 saturated heterocycles. The number of ether oxygens (including phenoxy) is 1. The molecule has 2 N–H and O–H groups in total. The van der Waals surface area contributed by atoms with E-state index in [2.05, 4.69) is 0 Å². The largest absolute Gasteiger partial charge is 0.481 e. The predicted molar refractivity (Wildman–Crippen MR) is 95.7 cm³/mol. The molecule has 2 rings (SSSR count). The van der Waals surface area contributed by atoms with Crippen molar-refractivity contribution in [2.24, 2.45) is 0 Å². The van der Waals surface area contributed by atoms with E-state index in [1.165, 1.54) is 42.5 Å². The average molecular weight is 368 g/mol. The number of esters is 1. The van der Waals surface area contributed by atoms with Crippen LogP contribution in [0, 0.1) is 0 Å². The third-order valence-electron chi connectivity index (χ3n) is 3.50. The van der Waals surface area contributed by atoms with E-state index in [9.17, 15) is 19.2 Å². The Morgan fingerprint density at radius 2 is 1.41 bits per heavy atom. The van der Waals surface area contributed by atoms with Gasteiger partial charge in [0.05, 0.1) is 18.4 Å². The van der Waals surface area contributed by atoms with E-state index in [1.807, 2.05) is 0 Å². The van der Waals surface area contributed by atoms with Crippen LogP contribution in [0.3, 0.4) is 0 Å². The van der Waals surface area contributed by atoms with Gasteiger partial charge in [-0.05, 0) is 48.0 Å². The first-order valence-corrected chi connectivity index (χ1v) is 7.93. The minimum atomic E-state index is -1.09. The lowest BCUT2D eigenvalue weighted by molar-refractivity contribution is -0.142. The van der Waals surface area contributed by atoms with Crippen molar-refractivity contribution in [1.82, 2.24) is 0 Å². The molecule has 7 nitrogen and oxygen atoms in total. The van der Waals surface area contributed by atoms with Crippen LogP contribution < -0.4 is 4.74 Å². The smallest absolute Gasteiger partial charge is 0.335 e. The Labute approximate surface area is 154 Å². The number of carbonyl (C=O) groups is 4. The summed E-state index contributed by atoms with van der Waals surface area (Å²) in [5, 5.41) is 17.4. The molecule has 0 saturated carbocycles. The molecule has 0 atom stereocenters. The summed E-state index contributed by atoms with van der Waals surface area (Å²) in [4.78, 5) is 44.8. The molecule has 0 aromatic heterocycles. The Balaban J connectivity index is 1.95. The molecule has 2 aromatic carbocycles. The normalized spacial score (nSPS) is 10.5. The maximum absolute atomic E-state index is 12.2. The second-order valence-electron chi connectivity index (χ2n) is 5.52. The second-order valence-corrected chi connectivity index (χ2v) is 5.52. The van der Waals surface area contributed by atoms with Gasteiger partial charge in [-0.25, -0.2) is 4.79 Å². The van der Waals surface area contributed by atoms with Crippen molar-refractivity contribution in [1.29, 1.82) is 0 Å². The number of carboxylic acid groups (broad SMARTS) is 2. The molecule has 0 spiro atoms. The summed E-state index contributed by atoms with van der Waals surface area (Å²) in [5.41, 5.74) is 1.21. The molecule has 0 unspecified atom stereocenters. The Hall–Kier alpha value is -3.74. The second kappa shape index (κ2) is 9.10. The Morgan fingerprint density at radius 3 is 1.96 bits per heavy atom. The first-order chi connectivity index (χ1) is 12.8. The molecule has 0 amide bonds. The first-order valence-electron chi connectivity index (χ1n) is 7.93. The topological polar surface area (TPSA) is 118 Å². The van der Waals surface area contributed by atoms with Crippen LogP contribution in [-0.2, 0) is 9.59 Å². The monoisotopic (exact) mass is 368 g/mol. The van der Waals surface area contributed by atoms with E-state index < -0.39 is 17.9 Å². The fourth-order valence-electron chi connectivity index (χ4n) is 2.08. The third kappa shape index (κ3) is 6.24. The lowest BCUT2D eigenvalue weighted by Crippen LogP contribution is -2.10. The fourth-order valence-corrected chi connectivity index (χ4v) is 2.08. The SMILES string of the molecule is O=C(O)CCC(=O)Oc1ccc(C(=O)C=Cc2ccc(C(=O)O)cc2)cc1. The lowest BCUT2D eigenvalue weighted by atomic mass is 10.1. The minimum Gasteiger partial charge on any atom is -0.481 e. The van der Waals surface area contributed by atoms with Crippen LogP contribution in [0.5, 0.6) is 5.75 Å². The van der Waals surface area contributed by atoms with Crippen molar-refractivity contribution in [2.75, 3.05) is 0 Å². The van der Waals surface area contributed by atoms with E-state index in [0.717, 1.165) is 0 Å². The van der Waals surface area contributed by atoms with Crippen LogP contribution in [0.1, 0.15) is 39.1 Å². The lowest BCUT2D eigenvalue weighted by Gasteiger charge is -2.04. The molecule has 0 aliphatic rings.